The molecule has 3 rings (SSSR count). The van der Waals surface area contributed by atoms with Crippen molar-refractivity contribution >= 4 is 16.8 Å². The van der Waals surface area contributed by atoms with Crippen LogP contribution < -0.4 is 10.1 Å². The van der Waals surface area contributed by atoms with Crippen LogP contribution in [0.1, 0.15) is 25.5 Å². The number of hydrogen-bond acceptors (Lipinski definition) is 2. The lowest BCUT2D eigenvalue weighted by Gasteiger charge is -2.08. The molecule has 106 valence electrons. The molecule has 0 atom stereocenters. The number of halogens is 1. The molecule has 1 heterocycles. The first-order valence-corrected chi connectivity index (χ1v) is 6.65. The number of carbonyl (C=O) groups excluding carboxylic acids is 1. The van der Waals surface area contributed by atoms with E-state index in [0.29, 0.717) is 6.54 Å². The molecule has 0 bridgehead atoms. The SMILES string of the molecule is COc1cc2[nH]c(CNC(=O)C3(C)CC3)cc2cc1F. The van der Waals surface area contributed by atoms with Crippen LogP contribution in [0.2, 0.25) is 0 Å². The van der Waals surface area contributed by atoms with Crippen LogP contribution in [0.15, 0.2) is 18.2 Å². The van der Waals surface area contributed by atoms with Gasteiger partial charge in [-0.25, -0.2) is 4.39 Å². The van der Waals surface area contributed by atoms with Gasteiger partial charge in [0.05, 0.1) is 13.7 Å². The first kappa shape index (κ1) is 13.0. The summed E-state index contributed by atoms with van der Waals surface area (Å²) in [7, 11) is 1.44. The summed E-state index contributed by atoms with van der Waals surface area (Å²) in [5.41, 5.74) is 1.47. The average molecular weight is 276 g/mol. The van der Waals surface area contributed by atoms with Crippen LogP contribution in [0.3, 0.4) is 0 Å². The Bertz CT molecular complexity index is 674. The zero-order valence-corrected chi connectivity index (χ0v) is 11.5. The molecule has 0 spiro atoms. The van der Waals surface area contributed by atoms with Crippen molar-refractivity contribution in [2.45, 2.75) is 26.3 Å². The molecule has 1 saturated carbocycles. The second-order valence-corrected chi connectivity index (χ2v) is 5.61. The lowest BCUT2D eigenvalue weighted by atomic mass is 10.1. The summed E-state index contributed by atoms with van der Waals surface area (Å²) in [6, 6.07) is 4.89. The van der Waals surface area contributed by atoms with Crippen LogP contribution in [-0.4, -0.2) is 18.0 Å². The van der Waals surface area contributed by atoms with Crippen LogP contribution in [0, 0.1) is 11.2 Å². The number of aromatic amines is 1. The van der Waals surface area contributed by atoms with E-state index in [1.54, 1.807) is 6.07 Å². The number of fused-ring (bicyclic) bond motifs is 1. The third-order valence-electron chi connectivity index (χ3n) is 3.94. The van der Waals surface area contributed by atoms with Crippen molar-refractivity contribution in [3.63, 3.8) is 0 Å². The van der Waals surface area contributed by atoms with Crippen LogP contribution >= 0.6 is 0 Å². The van der Waals surface area contributed by atoms with Crippen molar-refractivity contribution in [1.29, 1.82) is 0 Å². The Labute approximate surface area is 116 Å². The van der Waals surface area contributed by atoms with E-state index in [0.717, 1.165) is 29.4 Å². The van der Waals surface area contributed by atoms with E-state index in [4.69, 9.17) is 4.74 Å². The molecule has 1 amide bonds. The summed E-state index contributed by atoms with van der Waals surface area (Å²) >= 11 is 0. The van der Waals surface area contributed by atoms with Gasteiger partial charge in [0.1, 0.15) is 0 Å². The monoisotopic (exact) mass is 276 g/mol. The van der Waals surface area contributed by atoms with E-state index in [-0.39, 0.29) is 22.9 Å². The molecule has 1 aromatic carbocycles. The minimum atomic E-state index is -0.389. The van der Waals surface area contributed by atoms with E-state index in [1.165, 1.54) is 13.2 Å². The topological polar surface area (TPSA) is 54.1 Å². The smallest absolute Gasteiger partial charge is 0.226 e. The summed E-state index contributed by atoms with van der Waals surface area (Å²) in [6.45, 7) is 2.39. The minimum absolute atomic E-state index is 0.0833. The summed E-state index contributed by atoms with van der Waals surface area (Å²) in [5, 5.41) is 3.68. The first-order chi connectivity index (χ1) is 9.51. The lowest BCUT2D eigenvalue weighted by molar-refractivity contribution is -0.125. The Morgan fingerprint density at radius 2 is 2.20 bits per heavy atom. The van der Waals surface area contributed by atoms with Crippen LogP contribution in [0.4, 0.5) is 4.39 Å². The number of nitrogens with one attached hydrogen (secondary N) is 2. The number of carbonyl (C=O) groups is 1. The Kier molecular flexibility index (Phi) is 2.92. The fourth-order valence-electron chi connectivity index (χ4n) is 2.25. The van der Waals surface area contributed by atoms with Gasteiger partial charge in [-0.3, -0.25) is 4.79 Å². The van der Waals surface area contributed by atoms with Gasteiger partial charge in [0.2, 0.25) is 5.91 Å². The maximum absolute atomic E-state index is 13.6. The summed E-state index contributed by atoms with van der Waals surface area (Å²) in [4.78, 5) is 15.0. The predicted molar refractivity (Wildman–Crippen MR) is 74.0 cm³/mol. The molecule has 0 aliphatic heterocycles. The third kappa shape index (κ3) is 2.24. The highest BCUT2D eigenvalue weighted by Crippen LogP contribution is 2.45. The van der Waals surface area contributed by atoms with Crippen molar-refractivity contribution in [3.8, 4) is 5.75 Å². The predicted octanol–water partition coefficient (Wildman–Crippen LogP) is 2.73. The van der Waals surface area contributed by atoms with E-state index in [2.05, 4.69) is 10.3 Å². The van der Waals surface area contributed by atoms with E-state index in [1.807, 2.05) is 13.0 Å². The van der Waals surface area contributed by atoms with Gasteiger partial charge in [0.25, 0.3) is 0 Å². The molecule has 0 saturated heterocycles. The normalized spacial score (nSPS) is 16.1. The van der Waals surface area contributed by atoms with Gasteiger partial charge >= 0.3 is 0 Å². The molecule has 1 fully saturated rings. The molecule has 2 aromatic rings. The number of rotatable bonds is 4. The number of benzene rings is 1. The van der Waals surface area contributed by atoms with Gasteiger partial charge in [0, 0.05) is 28.1 Å². The van der Waals surface area contributed by atoms with Crippen molar-refractivity contribution in [2.75, 3.05) is 7.11 Å². The largest absolute Gasteiger partial charge is 0.494 e. The number of ether oxygens (including phenoxy) is 1. The number of hydrogen-bond donors (Lipinski definition) is 2. The Hall–Kier alpha value is -2.04. The highest BCUT2D eigenvalue weighted by molar-refractivity contribution is 5.85. The first-order valence-electron chi connectivity index (χ1n) is 6.65. The van der Waals surface area contributed by atoms with Crippen molar-refractivity contribution in [1.82, 2.24) is 10.3 Å². The third-order valence-corrected chi connectivity index (χ3v) is 3.94. The second-order valence-electron chi connectivity index (χ2n) is 5.61. The maximum atomic E-state index is 13.6. The Balaban J connectivity index is 1.77. The van der Waals surface area contributed by atoms with Crippen molar-refractivity contribution in [2.24, 2.45) is 5.41 Å². The van der Waals surface area contributed by atoms with Crippen molar-refractivity contribution in [3.05, 3.63) is 29.7 Å². The zero-order valence-electron chi connectivity index (χ0n) is 11.5. The zero-order chi connectivity index (χ0) is 14.3. The van der Waals surface area contributed by atoms with E-state index in [9.17, 15) is 9.18 Å². The molecular formula is C15H17FN2O2. The van der Waals surface area contributed by atoms with Gasteiger partial charge in [-0.05, 0) is 25.0 Å². The number of methoxy groups -OCH3 is 1. The van der Waals surface area contributed by atoms with Gasteiger partial charge in [-0.15, -0.1) is 0 Å². The molecule has 1 aromatic heterocycles. The molecule has 4 nitrogen and oxygen atoms in total. The fraction of sp³-hybridized carbons (Fsp3) is 0.400. The summed E-state index contributed by atoms with van der Waals surface area (Å²) in [6.07, 6.45) is 1.90. The molecular weight excluding hydrogens is 259 g/mol. The summed E-state index contributed by atoms with van der Waals surface area (Å²) < 4.78 is 18.5. The van der Waals surface area contributed by atoms with E-state index >= 15 is 0 Å². The second kappa shape index (κ2) is 4.51. The average Bonchev–Trinajstić information content (AvgIpc) is 3.05. The van der Waals surface area contributed by atoms with Gasteiger partial charge in [0.15, 0.2) is 11.6 Å². The maximum Gasteiger partial charge on any atom is 0.226 e. The fourth-order valence-corrected chi connectivity index (χ4v) is 2.25. The van der Waals surface area contributed by atoms with Gasteiger partial charge in [-0.2, -0.15) is 0 Å². The number of H-pyrrole nitrogens is 1. The van der Waals surface area contributed by atoms with Gasteiger partial charge in [-0.1, -0.05) is 6.92 Å². The minimum Gasteiger partial charge on any atom is -0.494 e. The number of aromatic nitrogens is 1. The van der Waals surface area contributed by atoms with Crippen LogP contribution in [0.5, 0.6) is 5.75 Å². The lowest BCUT2D eigenvalue weighted by Crippen LogP contribution is -2.29. The Morgan fingerprint density at radius 3 is 2.85 bits per heavy atom. The Morgan fingerprint density at radius 1 is 1.45 bits per heavy atom. The molecule has 2 N–H and O–H groups in total. The summed E-state index contributed by atoms with van der Waals surface area (Å²) in [5.74, 6) is -0.0968. The number of amides is 1. The van der Waals surface area contributed by atoms with Crippen LogP contribution in [0.25, 0.3) is 10.9 Å². The van der Waals surface area contributed by atoms with Crippen LogP contribution in [-0.2, 0) is 11.3 Å². The molecule has 0 radical (unpaired) electrons. The molecule has 20 heavy (non-hydrogen) atoms. The van der Waals surface area contributed by atoms with Gasteiger partial charge < -0.3 is 15.0 Å². The molecule has 1 aliphatic rings. The van der Waals surface area contributed by atoms with Crippen molar-refractivity contribution < 1.29 is 13.9 Å². The highest BCUT2D eigenvalue weighted by Gasteiger charge is 2.44. The standard InChI is InChI=1S/C15H17FN2O2/c1-15(3-4-15)14(19)17-8-10-5-9-6-11(16)13(20-2)7-12(9)18-10/h5-7,18H,3-4,8H2,1-2H3,(H,17,19). The molecule has 0 unspecified atom stereocenters. The highest BCUT2D eigenvalue weighted by atomic mass is 19.1. The molecule has 1 aliphatic carbocycles. The van der Waals surface area contributed by atoms with E-state index < -0.39 is 0 Å². The molecule has 5 heteroatoms. The quantitative estimate of drug-likeness (QED) is 0.902.